The van der Waals surface area contributed by atoms with Gasteiger partial charge in [0.1, 0.15) is 13.2 Å². The van der Waals surface area contributed by atoms with E-state index in [1.54, 1.807) is 30.8 Å². The first-order valence-electron chi connectivity index (χ1n) is 41.9. The Morgan fingerprint density at radius 2 is 0.610 bits per heavy atom. The molecule has 118 heavy (non-hydrogen) atoms. The van der Waals surface area contributed by atoms with E-state index in [1.807, 2.05) is 20.8 Å². The van der Waals surface area contributed by atoms with Gasteiger partial charge in [0.15, 0.2) is 0 Å². The van der Waals surface area contributed by atoms with Gasteiger partial charge in [-0.2, -0.15) is 10.5 Å². The third-order valence-electron chi connectivity index (χ3n) is 21.7. The number of urea groups is 2. The summed E-state index contributed by atoms with van der Waals surface area (Å²) in [5, 5.41) is 22.4. The van der Waals surface area contributed by atoms with Crippen molar-refractivity contribution in [3.8, 4) is 12.5 Å². The quantitative estimate of drug-likeness (QED) is 0.0269. The van der Waals surface area contributed by atoms with Crippen molar-refractivity contribution in [2.75, 3.05) is 59.0 Å². The van der Waals surface area contributed by atoms with E-state index in [9.17, 15) is 71.9 Å². The maximum Gasteiger partial charge on any atom is 0.336 e. The number of carbonyl (C=O) groups is 2. The predicted molar refractivity (Wildman–Crippen MR) is 441 cm³/mol. The summed E-state index contributed by atoms with van der Waals surface area (Å²) in [6, 6.07) is -1.71. The Morgan fingerprint density at radius 1 is 0.356 bits per heavy atom. The first-order chi connectivity index (χ1) is 56.3. The lowest BCUT2D eigenvalue weighted by molar-refractivity contribution is 0.0518. The fraction of sp³-hybridized carbons (Fsp3) is 0.795. The van der Waals surface area contributed by atoms with Gasteiger partial charge in [0, 0.05) is 58.9 Å². The molecule has 35 heteroatoms. The predicted octanol–water partition coefficient (Wildman–Crippen LogP) is 10.5. The highest BCUT2D eigenvalue weighted by atomic mass is 16.5. The van der Waals surface area contributed by atoms with Gasteiger partial charge in [-0.05, 0) is 180 Å². The van der Waals surface area contributed by atoms with Crippen molar-refractivity contribution in [3.63, 3.8) is 0 Å². The number of ether oxygens (including phenoxy) is 2. The maximum absolute atomic E-state index is 14.4. The van der Waals surface area contributed by atoms with Crippen LogP contribution in [0.2, 0.25) is 0 Å². The fourth-order valence-corrected chi connectivity index (χ4v) is 17.8. The minimum atomic E-state index is -0.668. The van der Waals surface area contributed by atoms with Crippen LogP contribution in [0.5, 0.6) is 0 Å². The number of amides is 4. The molecule has 4 amide bonds. The lowest BCUT2D eigenvalue weighted by Gasteiger charge is -2.46. The number of nitrogens with one attached hydrogen (secondary N) is 2. The summed E-state index contributed by atoms with van der Waals surface area (Å²) in [5.74, 6) is 0. The van der Waals surface area contributed by atoms with Crippen molar-refractivity contribution in [1.29, 1.82) is 10.5 Å². The molecule has 5 rings (SSSR count). The topological polar surface area (TPSA) is 465 Å². The SMILES string of the molecule is CC1(C)CC(N=C=O)CC(C)(Cn2c(=O)n(CC3(C)CC(N=C=O)CC(C)(C)C3)c(=O)n(CC3(C)CC(N=C=O)CC(C)(C)C3)c2=O)C1.N#COCCCCCCn1c(=O)n(CCCCCCN=C=O)c(=O)n(CCCCCCOC#N)c1=O.O=C=NCCCCCCNC(=O)N(CCCCCCN=C=O)C(=O)NCCCCCCN=C=O. The van der Waals surface area contributed by atoms with E-state index in [-0.39, 0.29) is 73.6 Å². The molecule has 2 heterocycles. The number of unbranched alkanes of at least 4 members (excludes halogenated alkanes) is 18. The fourth-order valence-electron chi connectivity index (χ4n) is 17.8. The average Bonchev–Trinajstić information content (AvgIpc) is 0.748. The summed E-state index contributed by atoms with van der Waals surface area (Å²) in [6.07, 6.45) is 38.4. The van der Waals surface area contributed by atoms with Gasteiger partial charge in [-0.25, -0.2) is 139 Å². The molecule has 2 aromatic heterocycles. The van der Waals surface area contributed by atoms with E-state index in [0.29, 0.717) is 155 Å². The highest BCUT2D eigenvalue weighted by Crippen LogP contribution is 2.50. The molecule has 652 valence electrons. The molecule has 3 saturated carbocycles. The van der Waals surface area contributed by atoms with Gasteiger partial charge < -0.3 is 20.1 Å². The molecule has 3 aliphatic carbocycles. The van der Waals surface area contributed by atoms with Crippen molar-refractivity contribution >= 4 is 54.6 Å². The number of imide groups is 1. The molecule has 3 fully saturated rings. The van der Waals surface area contributed by atoms with Crippen molar-refractivity contribution < 1.29 is 52.6 Å². The standard InChI is InChI=1S/C36H54N6O6.C24H36N6O6.C23H38N6O5/c1-31(2)10-25(37-22-43)13-34(7,16-31)19-40-28(46)41(20-35(8)14-26(38-23-44)11-32(3,4)17-35)30(48)42(29(40)47)21-36(9)15-27(39-24-45)12-33(5,6)18-36;25-19-35-17-11-5-3-9-15-29-22(32)28(14-8-2-1-7-13-27-21-31)23(33)30(24(29)34)16-10-4-6-12-18-36-20-26;30-19-24-13-7-1-3-10-16-27-22(33)29(18-12-6-5-9-15-26-21-32)23(34)28-17-11-4-2-8-14-25-20-31/h25-27H,10-21H2,1-9H3;1-18H2;1-18H2,(H,27,33)(H,28,34). The second kappa shape index (κ2) is 54.7. The Balaban J connectivity index is 0.000000468. The molecule has 2 N–H and O–H groups in total. The van der Waals surface area contributed by atoms with E-state index in [0.717, 1.165) is 129 Å². The number of hydrogen-bond donors (Lipinski definition) is 2. The lowest BCUT2D eigenvalue weighted by atomic mass is 9.62. The Labute approximate surface area is 691 Å². The monoisotopic (exact) mass is 1650 g/mol. The van der Waals surface area contributed by atoms with E-state index in [2.05, 4.69) is 96.6 Å². The zero-order valence-electron chi connectivity index (χ0n) is 71.3. The number of aliphatic imine (C=N–C) groups is 7. The first kappa shape index (κ1) is 102. The summed E-state index contributed by atoms with van der Waals surface area (Å²) in [5.41, 5.74) is -6.12. The van der Waals surface area contributed by atoms with E-state index in [4.69, 9.17) is 10.5 Å². The van der Waals surface area contributed by atoms with Crippen LogP contribution in [0.3, 0.4) is 0 Å². The van der Waals surface area contributed by atoms with Crippen molar-refractivity contribution in [1.82, 2.24) is 42.9 Å². The van der Waals surface area contributed by atoms with Crippen LogP contribution in [0.25, 0.3) is 0 Å². The Morgan fingerprint density at radius 3 is 0.881 bits per heavy atom. The molecule has 6 atom stereocenters. The minimum Gasteiger partial charge on any atom is -0.428 e. The first-order valence-corrected chi connectivity index (χ1v) is 41.9. The molecular weight excluding hydrogens is 1520 g/mol. The summed E-state index contributed by atoms with van der Waals surface area (Å²) in [4.78, 5) is 209. The van der Waals surface area contributed by atoms with Gasteiger partial charge in [0.2, 0.25) is 42.6 Å². The third kappa shape index (κ3) is 38.5. The number of aromatic nitrogens is 6. The Kier molecular flexibility index (Phi) is 47.3. The van der Waals surface area contributed by atoms with Gasteiger partial charge in [0.05, 0.1) is 44.3 Å². The molecule has 35 nitrogen and oxygen atoms in total. The number of isocyanates is 7. The molecular formula is C83H128N18O17. The second-order valence-electron chi connectivity index (χ2n) is 35.1. The molecule has 0 spiro atoms. The maximum atomic E-state index is 14.4. The summed E-state index contributed by atoms with van der Waals surface area (Å²) < 4.78 is 16.4. The normalized spacial score (nSPS) is 19.7. The van der Waals surface area contributed by atoms with E-state index in [1.165, 1.54) is 42.9 Å². The van der Waals surface area contributed by atoms with Gasteiger partial charge in [-0.3, -0.25) is 0 Å². The van der Waals surface area contributed by atoms with Crippen LogP contribution in [-0.2, 0) is 82.3 Å². The van der Waals surface area contributed by atoms with Gasteiger partial charge in [0.25, 0.3) is 12.5 Å². The summed E-state index contributed by atoms with van der Waals surface area (Å²) in [7, 11) is 0. The zero-order valence-corrected chi connectivity index (χ0v) is 71.3. The van der Waals surface area contributed by atoms with E-state index >= 15 is 0 Å². The molecule has 2 aromatic rings. The van der Waals surface area contributed by atoms with Gasteiger partial charge in [-0.15, -0.1) is 0 Å². The van der Waals surface area contributed by atoms with Crippen molar-refractivity contribution in [2.45, 2.75) is 332 Å². The summed E-state index contributed by atoms with van der Waals surface area (Å²) in [6.45, 7) is 23.1. The van der Waals surface area contributed by atoms with Crippen LogP contribution >= 0.6 is 0 Å². The van der Waals surface area contributed by atoms with E-state index < -0.39 is 62.4 Å². The summed E-state index contributed by atoms with van der Waals surface area (Å²) >= 11 is 0. The Hall–Kier alpha value is -10.2. The van der Waals surface area contributed by atoms with Crippen LogP contribution in [0.1, 0.15) is 274 Å². The highest BCUT2D eigenvalue weighted by molar-refractivity contribution is 5.93. The van der Waals surface area contributed by atoms with Crippen LogP contribution in [0.4, 0.5) is 9.59 Å². The van der Waals surface area contributed by atoms with Crippen molar-refractivity contribution in [3.05, 3.63) is 62.9 Å². The molecule has 0 bridgehead atoms. The molecule has 6 unspecified atom stereocenters. The van der Waals surface area contributed by atoms with Gasteiger partial charge in [-0.1, -0.05) is 127 Å². The van der Waals surface area contributed by atoms with Crippen LogP contribution in [0.15, 0.2) is 63.7 Å². The molecule has 0 aliphatic heterocycles. The van der Waals surface area contributed by atoms with Crippen LogP contribution < -0.4 is 44.8 Å². The van der Waals surface area contributed by atoms with Gasteiger partial charge >= 0.3 is 46.2 Å². The molecule has 0 saturated heterocycles. The van der Waals surface area contributed by atoms with Crippen LogP contribution in [-0.4, -0.2) is 164 Å². The van der Waals surface area contributed by atoms with Crippen molar-refractivity contribution in [2.24, 2.45) is 67.4 Å². The number of rotatable bonds is 51. The zero-order chi connectivity index (χ0) is 87.5. The number of nitrogens with zero attached hydrogens (tertiary/aromatic N) is 16. The molecule has 0 radical (unpaired) electrons. The Bertz CT molecular complexity index is 3990. The van der Waals surface area contributed by atoms with Crippen LogP contribution in [0, 0.1) is 55.5 Å². The second-order valence-corrected chi connectivity index (χ2v) is 35.1. The minimum absolute atomic E-state index is 0.0553. The number of hydrogen-bond acceptors (Lipinski definition) is 26. The largest absolute Gasteiger partial charge is 0.428 e. The highest BCUT2D eigenvalue weighted by Gasteiger charge is 2.46. The number of carbonyl (C=O) groups excluding carboxylic acids is 9. The molecule has 3 aliphatic rings. The smallest absolute Gasteiger partial charge is 0.336 e. The lowest BCUT2D eigenvalue weighted by Crippen LogP contribution is -2.59. The third-order valence-corrected chi connectivity index (χ3v) is 21.7. The average molecular weight is 1650 g/mol. The number of nitriles is 2. The molecule has 0 aromatic carbocycles.